The molecule has 0 heterocycles. The van der Waals surface area contributed by atoms with E-state index in [1.807, 2.05) is 24.3 Å². The van der Waals surface area contributed by atoms with Crippen LogP contribution in [0.25, 0.3) is 0 Å². The lowest BCUT2D eigenvalue weighted by Crippen LogP contribution is -2.34. The van der Waals surface area contributed by atoms with E-state index in [1.54, 1.807) is 0 Å². The van der Waals surface area contributed by atoms with Crippen molar-refractivity contribution in [1.82, 2.24) is 0 Å². The molecule has 1 aromatic rings. The maximum absolute atomic E-state index is 12.7. The quantitative estimate of drug-likeness (QED) is 0.809. The van der Waals surface area contributed by atoms with Crippen LogP contribution in [0.5, 0.6) is 0 Å². The highest BCUT2D eigenvalue weighted by Gasteiger charge is 2.42. The van der Waals surface area contributed by atoms with Gasteiger partial charge in [0.05, 0.1) is 5.92 Å². The average Bonchev–Trinajstić information content (AvgIpc) is 2.31. The second-order valence-electron chi connectivity index (χ2n) is 4.73. The summed E-state index contributed by atoms with van der Waals surface area (Å²) in [6.07, 6.45) is -2.20. The lowest BCUT2D eigenvalue weighted by molar-refractivity contribution is -0.182. The molecule has 1 N–H and O–H groups in total. The van der Waals surface area contributed by atoms with Crippen molar-refractivity contribution in [3.63, 3.8) is 0 Å². The average molecular weight is 322 g/mol. The fourth-order valence-corrected chi connectivity index (χ4v) is 2.82. The van der Waals surface area contributed by atoms with E-state index in [2.05, 4.69) is 21.2 Å². The molecule has 100 valence electrons. The number of hydrogen-bond acceptors (Lipinski definition) is 1. The van der Waals surface area contributed by atoms with E-state index >= 15 is 0 Å². The van der Waals surface area contributed by atoms with E-state index in [9.17, 15) is 13.2 Å². The molecular formula is C13H15BrF3N. The van der Waals surface area contributed by atoms with Gasteiger partial charge in [-0.05, 0) is 47.3 Å². The zero-order valence-electron chi connectivity index (χ0n) is 9.80. The molecule has 0 saturated heterocycles. The number of rotatable bonds is 2. The number of para-hydroxylation sites is 1. The fraction of sp³-hybridized carbons (Fsp3) is 0.538. The molecule has 0 aromatic heterocycles. The lowest BCUT2D eigenvalue weighted by Gasteiger charge is -2.31. The summed E-state index contributed by atoms with van der Waals surface area (Å²) < 4.78 is 39.0. The van der Waals surface area contributed by atoms with Crippen LogP contribution >= 0.6 is 15.9 Å². The van der Waals surface area contributed by atoms with Gasteiger partial charge in [-0.2, -0.15) is 13.2 Å². The largest absolute Gasteiger partial charge is 0.391 e. The first kappa shape index (κ1) is 13.7. The van der Waals surface area contributed by atoms with Gasteiger partial charge >= 0.3 is 6.18 Å². The summed E-state index contributed by atoms with van der Waals surface area (Å²) in [5, 5.41) is 3.20. The lowest BCUT2D eigenvalue weighted by atomic mass is 9.85. The third kappa shape index (κ3) is 3.40. The number of nitrogens with one attached hydrogen (secondary N) is 1. The summed E-state index contributed by atoms with van der Waals surface area (Å²) >= 11 is 3.39. The van der Waals surface area contributed by atoms with Crippen molar-refractivity contribution in [3.8, 4) is 0 Å². The monoisotopic (exact) mass is 321 g/mol. The summed E-state index contributed by atoms with van der Waals surface area (Å²) in [5.74, 6) is -1.16. The maximum Gasteiger partial charge on any atom is 0.391 e. The molecule has 1 nitrogen and oxygen atoms in total. The van der Waals surface area contributed by atoms with Crippen LogP contribution < -0.4 is 5.32 Å². The Labute approximate surface area is 113 Å². The minimum absolute atomic E-state index is 0.0934. The van der Waals surface area contributed by atoms with Gasteiger partial charge in [0.25, 0.3) is 0 Å². The van der Waals surface area contributed by atoms with Crippen molar-refractivity contribution < 1.29 is 13.2 Å². The molecule has 1 aliphatic rings. The van der Waals surface area contributed by atoms with Gasteiger partial charge in [-0.1, -0.05) is 18.6 Å². The highest BCUT2D eigenvalue weighted by Crippen LogP contribution is 2.38. The summed E-state index contributed by atoms with van der Waals surface area (Å²) in [6, 6.07) is 7.42. The third-order valence-corrected chi connectivity index (χ3v) is 4.06. The van der Waals surface area contributed by atoms with Crippen molar-refractivity contribution in [3.05, 3.63) is 28.7 Å². The summed E-state index contributed by atoms with van der Waals surface area (Å²) in [4.78, 5) is 0. The second kappa shape index (κ2) is 5.51. The van der Waals surface area contributed by atoms with Crippen molar-refractivity contribution in [2.24, 2.45) is 5.92 Å². The van der Waals surface area contributed by atoms with E-state index in [-0.39, 0.29) is 18.9 Å². The Balaban J connectivity index is 2.00. The van der Waals surface area contributed by atoms with E-state index in [0.717, 1.165) is 16.6 Å². The van der Waals surface area contributed by atoms with Crippen LogP contribution in [0, 0.1) is 5.92 Å². The third-order valence-electron chi connectivity index (χ3n) is 3.37. The first-order valence-corrected chi connectivity index (χ1v) is 6.84. The molecule has 0 bridgehead atoms. The molecule has 1 aliphatic carbocycles. The van der Waals surface area contributed by atoms with Crippen LogP contribution in [0.1, 0.15) is 25.7 Å². The van der Waals surface area contributed by atoms with Gasteiger partial charge in [0, 0.05) is 16.2 Å². The van der Waals surface area contributed by atoms with E-state index < -0.39 is 12.1 Å². The van der Waals surface area contributed by atoms with Crippen LogP contribution in [0.15, 0.2) is 28.7 Å². The highest BCUT2D eigenvalue weighted by atomic mass is 79.9. The minimum atomic E-state index is -4.06. The summed E-state index contributed by atoms with van der Waals surface area (Å²) in [7, 11) is 0. The normalized spacial score (nSPS) is 24.9. The van der Waals surface area contributed by atoms with Crippen molar-refractivity contribution in [2.75, 3.05) is 5.32 Å². The molecule has 2 atom stereocenters. The summed E-state index contributed by atoms with van der Waals surface area (Å²) in [6.45, 7) is 0. The van der Waals surface area contributed by atoms with Gasteiger partial charge in [0.2, 0.25) is 0 Å². The molecule has 2 unspecified atom stereocenters. The molecule has 0 spiro atoms. The van der Waals surface area contributed by atoms with Gasteiger partial charge < -0.3 is 5.32 Å². The van der Waals surface area contributed by atoms with E-state index in [0.29, 0.717) is 6.42 Å². The highest BCUT2D eigenvalue weighted by molar-refractivity contribution is 9.10. The topological polar surface area (TPSA) is 12.0 Å². The summed E-state index contributed by atoms with van der Waals surface area (Å²) in [5.41, 5.74) is 0.866. The predicted octanol–water partition coefficient (Wildman–Crippen LogP) is 4.98. The van der Waals surface area contributed by atoms with Crippen LogP contribution in [0.3, 0.4) is 0 Å². The van der Waals surface area contributed by atoms with Crippen LogP contribution in [-0.2, 0) is 0 Å². The fourth-order valence-electron chi connectivity index (χ4n) is 2.42. The molecule has 1 fully saturated rings. The molecule has 0 radical (unpaired) electrons. The molecule has 0 amide bonds. The molecule has 2 rings (SSSR count). The van der Waals surface area contributed by atoms with Gasteiger partial charge in [-0.3, -0.25) is 0 Å². The SMILES string of the molecule is FC(F)(F)C1CCCC(Nc2ccccc2Br)C1. The number of alkyl halides is 3. The Kier molecular flexibility index (Phi) is 4.20. The Bertz CT molecular complexity index is 405. The van der Waals surface area contributed by atoms with E-state index in [4.69, 9.17) is 0 Å². The molecule has 1 aromatic carbocycles. The first-order chi connectivity index (χ1) is 8.47. The first-order valence-electron chi connectivity index (χ1n) is 6.04. The van der Waals surface area contributed by atoms with Crippen LogP contribution in [0.2, 0.25) is 0 Å². The molecular weight excluding hydrogens is 307 g/mol. The van der Waals surface area contributed by atoms with Gasteiger partial charge in [-0.15, -0.1) is 0 Å². The zero-order valence-corrected chi connectivity index (χ0v) is 11.4. The number of hydrogen-bond donors (Lipinski definition) is 1. The van der Waals surface area contributed by atoms with Crippen LogP contribution in [0.4, 0.5) is 18.9 Å². The number of anilines is 1. The molecule has 18 heavy (non-hydrogen) atoms. The molecule has 0 aliphatic heterocycles. The van der Waals surface area contributed by atoms with Gasteiger partial charge in [0.1, 0.15) is 0 Å². The van der Waals surface area contributed by atoms with Crippen molar-refractivity contribution >= 4 is 21.6 Å². The maximum atomic E-state index is 12.7. The minimum Gasteiger partial charge on any atom is -0.381 e. The Hall–Kier alpha value is -0.710. The number of halogens is 4. The van der Waals surface area contributed by atoms with Gasteiger partial charge in [0.15, 0.2) is 0 Å². The van der Waals surface area contributed by atoms with Crippen molar-refractivity contribution in [1.29, 1.82) is 0 Å². The van der Waals surface area contributed by atoms with E-state index in [1.165, 1.54) is 0 Å². The Morgan fingerprint density at radius 1 is 1.17 bits per heavy atom. The standard InChI is InChI=1S/C13H15BrF3N/c14-11-6-1-2-7-12(11)18-10-5-3-4-9(8-10)13(15,16)17/h1-2,6-7,9-10,18H,3-5,8H2. The molecule has 5 heteroatoms. The van der Waals surface area contributed by atoms with Crippen LogP contribution in [-0.4, -0.2) is 12.2 Å². The zero-order chi connectivity index (χ0) is 13.2. The smallest absolute Gasteiger partial charge is 0.381 e. The van der Waals surface area contributed by atoms with Crippen molar-refractivity contribution in [2.45, 2.75) is 37.9 Å². The predicted molar refractivity (Wildman–Crippen MR) is 69.6 cm³/mol. The number of benzene rings is 1. The Morgan fingerprint density at radius 3 is 2.56 bits per heavy atom. The second-order valence-corrected chi connectivity index (χ2v) is 5.58. The Morgan fingerprint density at radius 2 is 1.89 bits per heavy atom. The van der Waals surface area contributed by atoms with Gasteiger partial charge in [-0.25, -0.2) is 0 Å². The molecule has 1 saturated carbocycles.